The molecular formula is C21H17ClF2N2O3. The molecule has 2 aromatic carbocycles. The van der Waals surface area contributed by atoms with Crippen molar-refractivity contribution in [2.75, 3.05) is 13.1 Å². The molecule has 1 aliphatic rings. The van der Waals surface area contributed by atoms with E-state index < -0.39 is 17.4 Å². The van der Waals surface area contributed by atoms with Gasteiger partial charge in [0, 0.05) is 30.1 Å². The Morgan fingerprint density at radius 3 is 2.72 bits per heavy atom. The summed E-state index contributed by atoms with van der Waals surface area (Å²) in [6, 6.07) is 12.5. The fraction of sp³-hybridized carbons (Fsp3) is 0.238. The number of likely N-dealkylation sites (tertiary alicyclic amines) is 1. The lowest BCUT2D eigenvalue weighted by Crippen LogP contribution is -2.28. The second kappa shape index (κ2) is 8.21. The zero-order valence-corrected chi connectivity index (χ0v) is 16.0. The van der Waals surface area contributed by atoms with E-state index in [2.05, 4.69) is 5.16 Å². The minimum atomic E-state index is -0.815. The summed E-state index contributed by atoms with van der Waals surface area (Å²) in [7, 11) is 0. The molecule has 0 aliphatic carbocycles. The first-order valence-corrected chi connectivity index (χ1v) is 9.46. The lowest BCUT2D eigenvalue weighted by molar-refractivity contribution is 0.0780. The molecule has 4 rings (SSSR count). The number of rotatable bonds is 5. The normalized spacial score (nSPS) is 16.2. The van der Waals surface area contributed by atoms with Crippen LogP contribution in [0, 0.1) is 11.6 Å². The van der Waals surface area contributed by atoms with Gasteiger partial charge in [-0.15, -0.1) is 0 Å². The number of benzene rings is 2. The van der Waals surface area contributed by atoms with Crippen LogP contribution < -0.4 is 4.74 Å². The summed E-state index contributed by atoms with van der Waals surface area (Å²) >= 11 is 6.05. The van der Waals surface area contributed by atoms with Crippen LogP contribution in [0.2, 0.25) is 5.02 Å². The van der Waals surface area contributed by atoms with Gasteiger partial charge in [-0.25, -0.2) is 8.78 Å². The molecule has 0 spiro atoms. The summed E-state index contributed by atoms with van der Waals surface area (Å²) in [5.41, 5.74) is 1.22. The van der Waals surface area contributed by atoms with Crippen LogP contribution in [0.1, 0.15) is 34.2 Å². The number of hydrogen-bond acceptors (Lipinski definition) is 4. The van der Waals surface area contributed by atoms with E-state index >= 15 is 0 Å². The van der Waals surface area contributed by atoms with Gasteiger partial charge in [0.15, 0.2) is 28.8 Å². The molecular weight excluding hydrogens is 402 g/mol. The quantitative estimate of drug-likeness (QED) is 0.596. The number of ether oxygens (including phenoxy) is 1. The molecule has 1 aliphatic heterocycles. The number of nitrogens with zero attached hydrogens (tertiary/aromatic N) is 2. The maximum absolute atomic E-state index is 13.6. The maximum Gasteiger partial charge on any atom is 0.276 e. The average molecular weight is 419 g/mol. The molecule has 150 valence electrons. The van der Waals surface area contributed by atoms with Gasteiger partial charge in [-0.05, 0) is 36.2 Å². The monoisotopic (exact) mass is 418 g/mol. The van der Waals surface area contributed by atoms with Crippen LogP contribution >= 0.6 is 11.6 Å². The lowest BCUT2D eigenvalue weighted by Gasteiger charge is -2.15. The SMILES string of the molecule is O=C(c1cc(COc2c(F)cccc2F)on1)N1CC[C@@H](c2cccc(Cl)c2)C1. The number of halogens is 3. The van der Waals surface area contributed by atoms with Gasteiger partial charge in [0.25, 0.3) is 5.91 Å². The molecule has 5 nitrogen and oxygen atoms in total. The molecule has 0 bridgehead atoms. The van der Waals surface area contributed by atoms with Crippen molar-refractivity contribution in [3.63, 3.8) is 0 Å². The molecule has 8 heteroatoms. The minimum Gasteiger partial charge on any atom is -0.479 e. The number of carbonyl (C=O) groups is 1. The number of amides is 1. The zero-order valence-electron chi connectivity index (χ0n) is 15.3. The van der Waals surface area contributed by atoms with E-state index in [4.69, 9.17) is 20.9 Å². The van der Waals surface area contributed by atoms with Gasteiger partial charge < -0.3 is 14.2 Å². The van der Waals surface area contributed by atoms with Crippen molar-refractivity contribution in [1.82, 2.24) is 10.1 Å². The highest BCUT2D eigenvalue weighted by Gasteiger charge is 2.29. The highest BCUT2D eigenvalue weighted by atomic mass is 35.5. The Morgan fingerprint density at radius 2 is 1.97 bits per heavy atom. The summed E-state index contributed by atoms with van der Waals surface area (Å²) in [4.78, 5) is 14.4. The van der Waals surface area contributed by atoms with Gasteiger partial charge >= 0.3 is 0 Å². The highest BCUT2D eigenvalue weighted by Crippen LogP contribution is 2.29. The third-order valence-corrected chi connectivity index (χ3v) is 5.09. The van der Waals surface area contributed by atoms with E-state index in [1.54, 1.807) is 4.90 Å². The van der Waals surface area contributed by atoms with Crippen molar-refractivity contribution < 1.29 is 22.8 Å². The Bertz CT molecular complexity index is 1020. The Morgan fingerprint density at radius 1 is 1.21 bits per heavy atom. The largest absolute Gasteiger partial charge is 0.479 e. The first-order valence-electron chi connectivity index (χ1n) is 9.08. The molecule has 1 aromatic heterocycles. The molecule has 3 aromatic rings. The third-order valence-electron chi connectivity index (χ3n) is 4.85. The van der Waals surface area contributed by atoms with Crippen LogP contribution in [-0.4, -0.2) is 29.1 Å². The van der Waals surface area contributed by atoms with Gasteiger partial charge in [0.1, 0.15) is 6.61 Å². The average Bonchev–Trinajstić information content (AvgIpc) is 3.37. The number of para-hydroxylation sites is 1. The highest BCUT2D eigenvalue weighted by molar-refractivity contribution is 6.30. The van der Waals surface area contributed by atoms with Crippen LogP contribution in [0.25, 0.3) is 0 Å². The first-order chi connectivity index (χ1) is 14.0. The van der Waals surface area contributed by atoms with Crippen LogP contribution in [-0.2, 0) is 6.61 Å². The van der Waals surface area contributed by atoms with Gasteiger partial charge in [0.2, 0.25) is 0 Å². The maximum atomic E-state index is 13.6. The number of aromatic nitrogens is 1. The van der Waals surface area contributed by atoms with Gasteiger partial charge in [0.05, 0.1) is 0 Å². The van der Waals surface area contributed by atoms with E-state index in [1.807, 2.05) is 24.3 Å². The fourth-order valence-electron chi connectivity index (χ4n) is 3.38. The molecule has 1 saturated heterocycles. The van der Waals surface area contributed by atoms with Gasteiger partial charge in [-0.3, -0.25) is 4.79 Å². The molecule has 0 saturated carbocycles. The summed E-state index contributed by atoms with van der Waals surface area (Å²) in [5, 5.41) is 4.44. The van der Waals surface area contributed by atoms with Crippen LogP contribution in [0.3, 0.4) is 0 Å². The van der Waals surface area contributed by atoms with Crippen LogP contribution in [0.15, 0.2) is 53.1 Å². The molecule has 1 atom stereocenters. The third kappa shape index (κ3) is 4.24. The summed E-state index contributed by atoms with van der Waals surface area (Å²) in [6.45, 7) is 0.900. The molecule has 29 heavy (non-hydrogen) atoms. The molecule has 0 N–H and O–H groups in total. The van der Waals surface area contributed by atoms with E-state index in [1.165, 1.54) is 12.1 Å². The van der Waals surface area contributed by atoms with Crippen LogP contribution in [0.5, 0.6) is 5.75 Å². The van der Waals surface area contributed by atoms with E-state index in [-0.39, 0.29) is 29.9 Å². The Labute approximate surface area is 170 Å². The number of carbonyl (C=O) groups excluding carboxylic acids is 1. The van der Waals surface area contributed by atoms with Crippen molar-refractivity contribution in [1.29, 1.82) is 0 Å². The standard InChI is InChI=1S/C21H17ClF2N2O3/c22-15-4-1-3-13(9-15)14-7-8-26(11-14)21(27)19-10-16(29-25-19)12-28-20-17(23)5-2-6-18(20)24/h1-6,9-10,14H,7-8,11-12H2/t14-/m1/s1. The van der Waals surface area contributed by atoms with E-state index in [0.29, 0.717) is 18.1 Å². The molecule has 1 amide bonds. The molecule has 1 fully saturated rings. The first kappa shape index (κ1) is 19.4. The van der Waals surface area contributed by atoms with Gasteiger partial charge in [-0.2, -0.15) is 0 Å². The smallest absolute Gasteiger partial charge is 0.276 e. The van der Waals surface area contributed by atoms with Crippen molar-refractivity contribution in [3.8, 4) is 5.75 Å². The van der Waals surface area contributed by atoms with Crippen molar-refractivity contribution in [2.45, 2.75) is 18.9 Å². The summed E-state index contributed by atoms with van der Waals surface area (Å²) in [5.74, 6) is -1.99. The second-order valence-corrected chi connectivity index (χ2v) is 7.25. The minimum absolute atomic E-state index is 0.129. The zero-order chi connectivity index (χ0) is 20.4. The van der Waals surface area contributed by atoms with Crippen LogP contribution in [0.4, 0.5) is 8.78 Å². The van der Waals surface area contributed by atoms with Crippen molar-refractivity contribution >= 4 is 17.5 Å². The predicted octanol–water partition coefficient (Wildman–Crippen LogP) is 4.81. The Kier molecular flexibility index (Phi) is 5.49. The summed E-state index contributed by atoms with van der Waals surface area (Å²) < 4.78 is 37.5. The predicted molar refractivity (Wildman–Crippen MR) is 102 cm³/mol. The Hall–Kier alpha value is -2.93. The van der Waals surface area contributed by atoms with E-state index in [0.717, 1.165) is 24.1 Å². The van der Waals surface area contributed by atoms with E-state index in [9.17, 15) is 13.6 Å². The molecule has 0 radical (unpaired) electrons. The second-order valence-electron chi connectivity index (χ2n) is 6.81. The molecule has 0 unspecified atom stereocenters. The topological polar surface area (TPSA) is 55.6 Å². The molecule has 2 heterocycles. The van der Waals surface area contributed by atoms with Crippen molar-refractivity contribution in [2.24, 2.45) is 0 Å². The van der Waals surface area contributed by atoms with Crippen molar-refractivity contribution in [3.05, 3.63) is 82.2 Å². The summed E-state index contributed by atoms with van der Waals surface area (Å²) in [6.07, 6.45) is 0.826. The fourth-order valence-corrected chi connectivity index (χ4v) is 3.58. The lowest BCUT2D eigenvalue weighted by atomic mass is 9.99. The Balaban J connectivity index is 1.39. The van der Waals surface area contributed by atoms with Gasteiger partial charge in [-0.1, -0.05) is 35.0 Å². The number of hydrogen-bond donors (Lipinski definition) is 0.